The molecule has 0 aliphatic carbocycles. The van der Waals surface area contributed by atoms with Gasteiger partial charge < -0.3 is 4.57 Å². The standard InChI is InChI=1S/C66H55N3/c1-65(2,3)53-35-37-61-57(41-53)58-42-54(66(4,5)6)36-38-62(58)69(61)63-55(48-23-15-9-16-24-48)39-52(40-56(63)49-25-17-10-18-26-49)60-43-59(50-31-27-46(28-32-50)44-19-11-7-12-20-44)67-64(68-60)51-33-29-47(30-34-51)45-21-13-8-14-22-45/h7-43H,1-6H3. The maximum atomic E-state index is 5.48. The van der Waals surface area contributed by atoms with Gasteiger partial charge in [-0.3, -0.25) is 0 Å². The summed E-state index contributed by atoms with van der Waals surface area (Å²) < 4.78 is 2.53. The highest BCUT2D eigenvalue weighted by atomic mass is 15.0. The SMILES string of the molecule is CC(C)(C)c1ccc2c(c1)c1cc(C(C)(C)C)ccc1n2-c1c(-c2ccccc2)cc(-c2cc(-c3ccc(-c4ccccc4)cc3)nc(-c3ccc(-c4ccccc4)cc3)n2)cc1-c1ccccc1. The first kappa shape index (κ1) is 43.4. The van der Waals surface area contributed by atoms with E-state index in [2.05, 4.69) is 271 Å². The maximum Gasteiger partial charge on any atom is 0.160 e. The molecule has 3 nitrogen and oxygen atoms in total. The van der Waals surface area contributed by atoms with E-state index in [9.17, 15) is 0 Å². The molecule has 0 fully saturated rings. The number of rotatable bonds is 8. The summed E-state index contributed by atoms with van der Waals surface area (Å²) in [5, 5.41) is 2.51. The second kappa shape index (κ2) is 17.5. The van der Waals surface area contributed by atoms with Crippen LogP contribution >= 0.6 is 0 Å². The van der Waals surface area contributed by atoms with Crippen molar-refractivity contribution < 1.29 is 0 Å². The molecule has 0 atom stereocenters. The van der Waals surface area contributed by atoms with E-state index < -0.39 is 0 Å². The van der Waals surface area contributed by atoms with Gasteiger partial charge in [0.05, 0.1) is 28.1 Å². The van der Waals surface area contributed by atoms with Crippen LogP contribution in [0.3, 0.4) is 0 Å². The molecule has 0 saturated heterocycles. The quantitative estimate of drug-likeness (QED) is 0.152. The fraction of sp³-hybridized carbons (Fsp3) is 0.121. The monoisotopic (exact) mass is 889 g/mol. The van der Waals surface area contributed by atoms with Crippen molar-refractivity contribution in [2.24, 2.45) is 0 Å². The van der Waals surface area contributed by atoms with E-state index in [1.165, 1.54) is 44.1 Å². The lowest BCUT2D eigenvalue weighted by Crippen LogP contribution is -2.10. The van der Waals surface area contributed by atoms with Crippen LogP contribution in [0.1, 0.15) is 52.7 Å². The maximum absolute atomic E-state index is 5.48. The smallest absolute Gasteiger partial charge is 0.160 e. The van der Waals surface area contributed by atoms with E-state index in [1.54, 1.807) is 0 Å². The Hall–Kier alpha value is -8.14. The van der Waals surface area contributed by atoms with Crippen LogP contribution in [-0.4, -0.2) is 14.5 Å². The largest absolute Gasteiger partial charge is 0.308 e. The summed E-state index contributed by atoms with van der Waals surface area (Å²) in [5.74, 6) is 0.674. The third-order valence-corrected chi connectivity index (χ3v) is 13.6. The number of nitrogens with zero attached hydrogens (tertiary/aromatic N) is 3. The molecule has 11 aromatic rings. The van der Waals surface area contributed by atoms with E-state index in [1.807, 2.05) is 0 Å². The number of fused-ring (bicyclic) bond motifs is 3. The summed E-state index contributed by atoms with van der Waals surface area (Å²) in [4.78, 5) is 10.8. The van der Waals surface area contributed by atoms with Crippen molar-refractivity contribution in [2.75, 3.05) is 0 Å². The predicted octanol–water partition coefficient (Wildman–Crippen LogP) is 17.8. The number of hydrogen-bond donors (Lipinski definition) is 0. The minimum atomic E-state index is -0.0145. The Balaban J connectivity index is 1.18. The number of hydrogen-bond acceptors (Lipinski definition) is 2. The molecular formula is C66H55N3. The lowest BCUT2D eigenvalue weighted by molar-refractivity contribution is 0.590. The third kappa shape index (κ3) is 8.47. The molecule has 0 aliphatic heterocycles. The molecule has 0 saturated carbocycles. The Morgan fingerprint density at radius 1 is 0.304 bits per heavy atom. The van der Waals surface area contributed by atoms with Gasteiger partial charge in [0.15, 0.2) is 5.82 Å². The topological polar surface area (TPSA) is 30.7 Å². The van der Waals surface area contributed by atoms with Crippen LogP contribution in [0.5, 0.6) is 0 Å². The molecule has 2 aromatic heterocycles. The minimum absolute atomic E-state index is 0.0145. The van der Waals surface area contributed by atoms with Gasteiger partial charge in [0.25, 0.3) is 0 Å². The van der Waals surface area contributed by atoms with E-state index in [0.29, 0.717) is 5.82 Å². The van der Waals surface area contributed by atoms with Gasteiger partial charge in [-0.15, -0.1) is 0 Å². The third-order valence-electron chi connectivity index (χ3n) is 13.6. The second-order valence-corrected chi connectivity index (χ2v) is 20.3. The summed E-state index contributed by atoms with van der Waals surface area (Å²) in [6, 6.07) is 81.2. The Morgan fingerprint density at radius 3 is 1.06 bits per heavy atom. The summed E-state index contributed by atoms with van der Waals surface area (Å²) >= 11 is 0. The van der Waals surface area contributed by atoms with Gasteiger partial charge in [-0.25, -0.2) is 9.97 Å². The molecule has 0 bridgehead atoms. The minimum Gasteiger partial charge on any atom is -0.308 e. The highest BCUT2D eigenvalue weighted by Crippen LogP contribution is 2.45. The molecule has 3 heteroatoms. The van der Waals surface area contributed by atoms with Gasteiger partial charge >= 0.3 is 0 Å². The van der Waals surface area contributed by atoms with E-state index in [0.717, 1.165) is 67.1 Å². The van der Waals surface area contributed by atoms with Gasteiger partial charge in [0.2, 0.25) is 0 Å². The highest BCUT2D eigenvalue weighted by Gasteiger charge is 2.25. The Labute approximate surface area is 406 Å². The second-order valence-electron chi connectivity index (χ2n) is 20.3. The van der Waals surface area contributed by atoms with Crippen molar-refractivity contribution in [3.05, 3.63) is 236 Å². The molecule has 0 amide bonds. The van der Waals surface area contributed by atoms with Gasteiger partial charge in [-0.05, 0) is 97.8 Å². The average Bonchev–Trinajstić information content (AvgIpc) is 3.71. The van der Waals surface area contributed by atoms with Crippen molar-refractivity contribution in [3.63, 3.8) is 0 Å². The first-order valence-corrected chi connectivity index (χ1v) is 24.1. The van der Waals surface area contributed by atoms with Gasteiger partial charge in [0, 0.05) is 38.6 Å². The molecule has 0 radical (unpaired) electrons. The molecule has 2 heterocycles. The van der Waals surface area contributed by atoms with Crippen molar-refractivity contribution in [3.8, 4) is 84.1 Å². The first-order valence-electron chi connectivity index (χ1n) is 24.1. The zero-order valence-electron chi connectivity index (χ0n) is 40.2. The van der Waals surface area contributed by atoms with Gasteiger partial charge in [-0.2, -0.15) is 0 Å². The van der Waals surface area contributed by atoms with Gasteiger partial charge in [0.1, 0.15) is 0 Å². The van der Waals surface area contributed by atoms with Crippen LogP contribution in [0.4, 0.5) is 0 Å². The van der Waals surface area contributed by atoms with Crippen LogP contribution in [0.2, 0.25) is 0 Å². The molecule has 0 unspecified atom stereocenters. The Bertz CT molecular complexity index is 3380. The van der Waals surface area contributed by atoms with E-state index in [4.69, 9.17) is 9.97 Å². The van der Waals surface area contributed by atoms with Crippen LogP contribution < -0.4 is 0 Å². The lowest BCUT2D eigenvalue weighted by atomic mass is 9.85. The van der Waals surface area contributed by atoms with E-state index >= 15 is 0 Å². The predicted molar refractivity (Wildman–Crippen MR) is 292 cm³/mol. The molecule has 9 aromatic carbocycles. The van der Waals surface area contributed by atoms with Crippen LogP contribution in [0.25, 0.3) is 106 Å². The summed E-state index contributed by atoms with van der Waals surface area (Å²) in [6.45, 7) is 13.8. The van der Waals surface area contributed by atoms with Crippen molar-refractivity contribution in [1.82, 2.24) is 14.5 Å². The molecule has 69 heavy (non-hydrogen) atoms. The summed E-state index contributed by atoms with van der Waals surface area (Å²) in [6.07, 6.45) is 0. The lowest BCUT2D eigenvalue weighted by Gasteiger charge is -2.22. The fourth-order valence-electron chi connectivity index (χ4n) is 9.67. The number of benzene rings is 9. The molecule has 0 spiro atoms. The highest BCUT2D eigenvalue weighted by molar-refractivity contribution is 6.11. The molecule has 0 aliphatic rings. The molecular weight excluding hydrogens is 835 g/mol. The van der Waals surface area contributed by atoms with Crippen LogP contribution in [-0.2, 0) is 10.8 Å². The Morgan fingerprint density at radius 2 is 0.652 bits per heavy atom. The Kier molecular flexibility index (Phi) is 11.0. The summed E-state index contributed by atoms with van der Waals surface area (Å²) in [7, 11) is 0. The zero-order valence-corrected chi connectivity index (χ0v) is 40.2. The summed E-state index contributed by atoms with van der Waals surface area (Å²) in [5.41, 5.74) is 19.9. The average molecular weight is 890 g/mol. The number of aromatic nitrogens is 3. The molecule has 0 N–H and O–H groups in total. The molecule has 11 rings (SSSR count). The van der Waals surface area contributed by atoms with Crippen molar-refractivity contribution in [1.29, 1.82) is 0 Å². The van der Waals surface area contributed by atoms with Gasteiger partial charge in [-0.1, -0.05) is 224 Å². The fourth-order valence-corrected chi connectivity index (χ4v) is 9.67. The van der Waals surface area contributed by atoms with Crippen molar-refractivity contribution in [2.45, 2.75) is 52.4 Å². The van der Waals surface area contributed by atoms with E-state index in [-0.39, 0.29) is 10.8 Å². The normalized spacial score (nSPS) is 11.9. The van der Waals surface area contributed by atoms with Crippen LogP contribution in [0.15, 0.2) is 224 Å². The van der Waals surface area contributed by atoms with Crippen LogP contribution in [0, 0.1) is 0 Å². The molecule has 334 valence electrons. The van der Waals surface area contributed by atoms with Crippen molar-refractivity contribution >= 4 is 21.8 Å². The zero-order chi connectivity index (χ0) is 47.3. The first-order chi connectivity index (χ1) is 33.5.